The summed E-state index contributed by atoms with van der Waals surface area (Å²) in [5, 5.41) is 14.4. The van der Waals surface area contributed by atoms with Crippen LogP contribution in [0.3, 0.4) is 0 Å². The number of pyridine rings is 1. The van der Waals surface area contributed by atoms with Crippen molar-refractivity contribution in [1.82, 2.24) is 20.1 Å². The highest BCUT2D eigenvalue weighted by molar-refractivity contribution is 6.00. The van der Waals surface area contributed by atoms with Gasteiger partial charge in [-0.15, -0.1) is 10.2 Å². The van der Waals surface area contributed by atoms with E-state index in [1.54, 1.807) is 24.4 Å². The summed E-state index contributed by atoms with van der Waals surface area (Å²) >= 11 is 0. The normalized spacial score (nSPS) is 16.5. The number of aromatic nitrogens is 3. The van der Waals surface area contributed by atoms with Crippen LogP contribution in [0.1, 0.15) is 39.2 Å². The third kappa shape index (κ3) is 5.16. The van der Waals surface area contributed by atoms with Crippen LogP contribution in [0, 0.1) is 6.92 Å². The molecule has 1 aliphatic heterocycles. The topological polar surface area (TPSA) is 89.5 Å². The molecule has 8 nitrogen and oxygen atoms in total. The van der Waals surface area contributed by atoms with Crippen LogP contribution in [0.15, 0.2) is 36.7 Å². The van der Waals surface area contributed by atoms with Crippen molar-refractivity contribution in [3.8, 4) is 17.0 Å². The van der Waals surface area contributed by atoms with E-state index in [0.29, 0.717) is 18.9 Å². The maximum Gasteiger partial charge on any atom is 0.410 e. The summed E-state index contributed by atoms with van der Waals surface area (Å²) < 4.78 is 11.1. The molecule has 1 aromatic carbocycles. The molecule has 0 spiro atoms. The van der Waals surface area contributed by atoms with Crippen molar-refractivity contribution < 1.29 is 14.3 Å². The Bertz CT molecular complexity index is 1160. The van der Waals surface area contributed by atoms with Crippen LogP contribution in [0.4, 0.5) is 10.6 Å². The molecule has 1 amide bonds. The third-order valence-corrected chi connectivity index (χ3v) is 5.61. The van der Waals surface area contributed by atoms with Gasteiger partial charge in [0.15, 0.2) is 5.82 Å². The summed E-state index contributed by atoms with van der Waals surface area (Å²) in [7, 11) is 1.65. The molecule has 3 aromatic rings. The Balaban J connectivity index is 1.61. The molecular weight excluding hydrogens is 418 g/mol. The lowest BCUT2D eigenvalue weighted by Gasteiger charge is -2.34. The van der Waals surface area contributed by atoms with Crippen LogP contribution in [0.2, 0.25) is 0 Å². The second-order valence-electron chi connectivity index (χ2n) is 9.43. The molecule has 174 valence electrons. The monoisotopic (exact) mass is 449 g/mol. The Morgan fingerprint density at radius 1 is 1.18 bits per heavy atom. The largest absolute Gasteiger partial charge is 0.496 e. The molecule has 2 aromatic heterocycles. The zero-order chi connectivity index (χ0) is 23.6. The number of ether oxygens (including phenoxy) is 2. The van der Waals surface area contributed by atoms with Gasteiger partial charge in [-0.3, -0.25) is 4.98 Å². The second-order valence-corrected chi connectivity index (χ2v) is 9.43. The molecule has 1 fully saturated rings. The number of methoxy groups -OCH3 is 1. The molecule has 0 radical (unpaired) electrons. The molecule has 0 unspecified atom stereocenters. The van der Waals surface area contributed by atoms with Gasteiger partial charge in [-0.1, -0.05) is 6.07 Å². The molecule has 1 aliphatic rings. The smallest absolute Gasteiger partial charge is 0.410 e. The Hall–Kier alpha value is -3.42. The van der Waals surface area contributed by atoms with E-state index in [1.165, 1.54) is 0 Å². The fraction of sp³-hybridized carbons (Fsp3) is 0.440. The third-order valence-electron chi connectivity index (χ3n) is 5.61. The average molecular weight is 450 g/mol. The maximum absolute atomic E-state index is 12.5. The Morgan fingerprint density at radius 3 is 2.76 bits per heavy atom. The van der Waals surface area contributed by atoms with Crippen LogP contribution in [0.5, 0.6) is 5.75 Å². The van der Waals surface area contributed by atoms with Crippen molar-refractivity contribution in [3.63, 3.8) is 0 Å². The molecule has 1 saturated heterocycles. The van der Waals surface area contributed by atoms with Crippen LogP contribution >= 0.6 is 0 Å². The number of amides is 1. The summed E-state index contributed by atoms with van der Waals surface area (Å²) in [4.78, 5) is 18.6. The Kier molecular flexibility index (Phi) is 6.35. The van der Waals surface area contributed by atoms with E-state index >= 15 is 0 Å². The number of carbonyl (C=O) groups is 1. The lowest BCUT2D eigenvalue weighted by atomic mass is 10.0. The van der Waals surface area contributed by atoms with E-state index < -0.39 is 5.60 Å². The highest BCUT2D eigenvalue weighted by atomic mass is 16.6. The molecule has 0 aliphatic carbocycles. The van der Waals surface area contributed by atoms with E-state index in [4.69, 9.17) is 9.47 Å². The van der Waals surface area contributed by atoms with Crippen molar-refractivity contribution >= 4 is 22.7 Å². The molecule has 8 heteroatoms. The minimum atomic E-state index is -0.515. The van der Waals surface area contributed by atoms with Crippen LogP contribution in [-0.4, -0.2) is 58.0 Å². The number of anilines is 1. The summed E-state index contributed by atoms with van der Waals surface area (Å²) in [5.41, 5.74) is 2.18. The van der Waals surface area contributed by atoms with E-state index in [1.807, 2.05) is 52.0 Å². The van der Waals surface area contributed by atoms with Gasteiger partial charge in [-0.05, 0) is 64.3 Å². The summed E-state index contributed by atoms with van der Waals surface area (Å²) in [6.45, 7) is 8.91. The number of carbonyl (C=O) groups excluding carboxylic acids is 1. The first-order valence-electron chi connectivity index (χ1n) is 11.2. The predicted octanol–water partition coefficient (Wildman–Crippen LogP) is 4.82. The fourth-order valence-electron chi connectivity index (χ4n) is 4.08. The van der Waals surface area contributed by atoms with Gasteiger partial charge < -0.3 is 19.7 Å². The zero-order valence-electron chi connectivity index (χ0n) is 19.9. The zero-order valence-corrected chi connectivity index (χ0v) is 19.9. The predicted molar refractivity (Wildman–Crippen MR) is 129 cm³/mol. The molecule has 3 heterocycles. The minimum Gasteiger partial charge on any atom is -0.496 e. The van der Waals surface area contributed by atoms with Gasteiger partial charge in [0.2, 0.25) is 0 Å². The average Bonchev–Trinajstić information content (AvgIpc) is 2.78. The number of likely N-dealkylation sites (tertiary alicyclic amines) is 1. The van der Waals surface area contributed by atoms with Crippen LogP contribution in [-0.2, 0) is 4.74 Å². The molecule has 1 atom stereocenters. The van der Waals surface area contributed by atoms with E-state index in [2.05, 4.69) is 20.5 Å². The first-order chi connectivity index (χ1) is 15.7. The van der Waals surface area contributed by atoms with Crippen LogP contribution in [0.25, 0.3) is 22.0 Å². The SMILES string of the molecule is COc1cc(C)ccc1-c1nnc(N[C@@H]2CCCN(C(=O)OC(C)(C)C)C2)c2ccncc12. The molecular formula is C25H31N5O3. The lowest BCUT2D eigenvalue weighted by Crippen LogP contribution is -2.47. The molecule has 33 heavy (non-hydrogen) atoms. The first kappa shape index (κ1) is 22.8. The van der Waals surface area contributed by atoms with Crippen molar-refractivity contribution in [3.05, 3.63) is 42.2 Å². The van der Waals surface area contributed by atoms with Crippen molar-refractivity contribution in [2.45, 2.75) is 52.2 Å². The maximum atomic E-state index is 12.5. The van der Waals surface area contributed by atoms with Crippen molar-refractivity contribution in [2.24, 2.45) is 0 Å². The Labute approximate surface area is 194 Å². The van der Waals surface area contributed by atoms with Crippen molar-refractivity contribution in [1.29, 1.82) is 0 Å². The summed E-state index contributed by atoms with van der Waals surface area (Å²) in [6, 6.07) is 8.00. The number of nitrogens with one attached hydrogen (secondary N) is 1. The second kappa shape index (κ2) is 9.21. The number of hydrogen-bond acceptors (Lipinski definition) is 7. The van der Waals surface area contributed by atoms with Crippen molar-refractivity contribution in [2.75, 3.05) is 25.5 Å². The lowest BCUT2D eigenvalue weighted by molar-refractivity contribution is 0.0206. The molecule has 1 N–H and O–H groups in total. The molecule has 0 saturated carbocycles. The first-order valence-corrected chi connectivity index (χ1v) is 11.2. The fourth-order valence-corrected chi connectivity index (χ4v) is 4.08. The Morgan fingerprint density at radius 2 is 2.00 bits per heavy atom. The van der Waals surface area contributed by atoms with E-state index in [0.717, 1.165) is 46.2 Å². The van der Waals surface area contributed by atoms with Gasteiger partial charge >= 0.3 is 6.09 Å². The summed E-state index contributed by atoms with van der Waals surface area (Å²) in [6.07, 6.45) is 5.09. The number of aryl methyl sites for hydroxylation is 1. The highest BCUT2D eigenvalue weighted by Crippen LogP contribution is 2.35. The van der Waals surface area contributed by atoms with Gasteiger partial charge in [-0.25, -0.2) is 4.79 Å². The van der Waals surface area contributed by atoms with Gasteiger partial charge in [0.05, 0.1) is 7.11 Å². The van der Waals surface area contributed by atoms with Gasteiger partial charge in [0, 0.05) is 47.9 Å². The van der Waals surface area contributed by atoms with Crippen LogP contribution < -0.4 is 10.1 Å². The van der Waals surface area contributed by atoms with E-state index in [9.17, 15) is 4.79 Å². The van der Waals surface area contributed by atoms with Gasteiger partial charge in [0.25, 0.3) is 0 Å². The number of piperidine rings is 1. The number of hydrogen-bond donors (Lipinski definition) is 1. The molecule has 0 bridgehead atoms. The minimum absolute atomic E-state index is 0.0525. The van der Waals surface area contributed by atoms with E-state index in [-0.39, 0.29) is 12.1 Å². The number of rotatable bonds is 4. The number of benzene rings is 1. The highest BCUT2D eigenvalue weighted by Gasteiger charge is 2.28. The van der Waals surface area contributed by atoms with Gasteiger partial charge in [-0.2, -0.15) is 0 Å². The number of nitrogens with zero attached hydrogens (tertiary/aromatic N) is 4. The summed E-state index contributed by atoms with van der Waals surface area (Å²) in [5.74, 6) is 1.42. The molecule has 4 rings (SSSR count). The van der Waals surface area contributed by atoms with Gasteiger partial charge in [0.1, 0.15) is 17.0 Å². The number of fused-ring (bicyclic) bond motifs is 1. The quantitative estimate of drug-likeness (QED) is 0.611. The standard InChI is InChI=1S/C25H31N5O3/c1-16-8-9-19(21(13-16)32-5)22-20-14-26-11-10-18(20)23(29-28-22)27-17-7-6-12-30(15-17)24(31)33-25(2,3)4/h8-11,13-14,17H,6-7,12,15H2,1-5H3,(H,27,29)/t17-/m1/s1.